The monoisotopic (exact) mass is 300 g/mol. The molecule has 1 atom stereocenters. The number of nitrogens with two attached hydrogens (primary N) is 1. The smallest absolute Gasteiger partial charge is 0.264 e. The van der Waals surface area contributed by atoms with E-state index in [0.717, 1.165) is 5.56 Å². The minimum atomic E-state index is -0.453. The van der Waals surface area contributed by atoms with Crippen LogP contribution >= 0.6 is 11.6 Å². The number of fused-ring (bicyclic) bond motifs is 1. The summed E-state index contributed by atoms with van der Waals surface area (Å²) in [4.78, 5) is 26.2. The Labute approximate surface area is 127 Å². The van der Waals surface area contributed by atoms with Gasteiger partial charge in [0.25, 0.3) is 11.8 Å². The number of amides is 2. The van der Waals surface area contributed by atoms with Crippen molar-refractivity contribution in [2.75, 3.05) is 5.73 Å². The van der Waals surface area contributed by atoms with Crippen LogP contribution in [0, 0.1) is 0 Å². The number of imide groups is 1. The molecule has 0 aliphatic carbocycles. The number of anilines is 1. The summed E-state index contributed by atoms with van der Waals surface area (Å²) < 4.78 is 0. The molecule has 1 heterocycles. The third-order valence-corrected chi connectivity index (χ3v) is 4.07. The fourth-order valence-corrected chi connectivity index (χ4v) is 2.93. The van der Waals surface area contributed by atoms with Crippen LogP contribution in [0.1, 0.15) is 39.2 Å². The normalized spacial score (nSPS) is 15.2. The third kappa shape index (κ3) is 1.99. The highest BCUT2D eigenvalue weighted by molar-refractivity contribution is 6.31. The van der Waals surface area contributed by atoms with Gasteiger partial charge in [-0.2, -0.15) is 0 Å². The van der Waals surface area contributed by atoms with E-state index < -0.39 is 6.04 Å². The molecule has 2 N–H and O–H groups in total. The van der Waals surface area contributed by atoms with E-state index in [9.17, 15) is 9.59 Å². The average Bonchev–Trinajstić information content (AvgIpc) is 2.72. The van der Waals surface area contributed by atoms with E-state index in [4.69, 9.17) is 17.3 Å². The van der Waals surface area contributed by atoms with Gasteiger partial charge in [-0.15, -0.1) is 0 Å². The van der Waals surface area contributed by atoms with Crippen LogP contribution in [-0.4, -0.2) is 16.7 Å². The molecule has 0 aromatic heterocycles. The van der Waals surface area contributed by atoms with Gasteiger partial charge in [-0.1, -0.05) is 35.9 Å². The van der Waals surface area contributed by atoms with Gasteiger partial charge < -0.3 is 5.73 Å². The highest BCUT2D eigenvalue weighted by Gasteiger charge is 2.40. The van der Waals surface area contributed by atoms with E-state index in [1.807, 2.05) is 6.07 Å². The Morgan fingerprint density at radius 2 is 1.76 bits per heavy atom. The molecule has 2 aromatic carbocycles. The number of halogens is 1. The maximum atomic E-state index is 12.5. The first-order valence-electron chi connectivity index (χ1n) is 6.53. The van der Waals surface area contributed by atoms with Crippen LogP contribution in [0.2, 0.25) is 5.02 Å². The second-order valence-electron chi connectivity index (χ2n) is 4.95. The van der Waals surface area contributed by atoms with Crippen molar-refractivity contribution in [3.8, 4) is 0 Å². The molecule has 5 heteroatoms. The number of rotatable bonds is 2. The number of benzene rings is 2. The summed E-state index contributed by atoms with van der Waals surface area (Å²) in [5, 5.41) is 0.523. The molecule has 21 heavy (non-hydrogen) atoms. The van der Waals surface area contributed by atoms with Crippen LogP contribution in [0.15, 0.2) is 42.5 Å². The van der Waals surface area contributed by atoms with Gasteiger partial charge in [-0.05, 0) is 30.7 Å². The van der Waals surface area contributed by atoms with Crippen molar-refractivity contribution in [2.45, 2.75) is 13.0 Å². The van der Waals surface area contributed by atoms with Crippen LogP contribution in [0.4, 0.5) is 5.69 Å². The molecule has 3 rings (SSSR count). The first kappa shape index (κ1) is 13.6. The Morgan fingerprint density at radius 1 is 1.05 bits per heavy atom. The SMILES string of the molecule is CC(c1ccccc1Cl)N1C(=O)c2cccc(N)c2C1=O. The Balaban J connectivity index is 2.06. The van der Waals surface area contributed by atoms with Crippen LogP contribution in [0.5, 0.6) is 0 Å². The van der Waals surface area contributed by atoms with Crippen LogP contribution in [0.25, 0.3) is 0 Å². The lowest BCUT2D eigenvalue weighted by atomic mass is 10.1. The summed E-state index contributed by atoms with van der Waals surface area (Å²) in [7, 11) is 0. The van der Waals surface area contributed by atoms with Crippen molar-refractivity contribution < 1.29 is 9.59 Å². The van der Waals surface area contributed by atoms with Crippen LogP contribution < -0.4 is 5.73 Å². The summed E-state index contributed by atoms with van der Waals surface area (Å²) in [6.07, 6.45) is 0. The Morgan fingerprint density at radius 3 is 2.43 bits per heavy atom. The molecular weight excluding hydrogens is 288 g/mol. The number of carbonyl (C=O) groups excluding carboxylic acids is 2. The predicted molar refractivity (Wildman–Crippen MR) is 81.2 cm³/mol. The van der Waals surface area contributed by atoms with Gasteiger partial charge in [0, 0.05) is 10.7 Å². The fourth-order valence-electron chi connectivity index (χ4n) is 2.63. The molecule has 0 radical (unpaired) electrons. The number of nitrogens with zero attached hydrogens (tertiary/aromatic N) is 1. The van der Waals surface area contributed by atoms with E-state index in [1.54, 1.807) is 43.3 Å². The van der Waals surface area contributed by atoms with Crippen molar-refractivity contribution in [2.24, 2.45) is 0 Å². The molecule has 1 unspecified atom stereocenters. The van der Waals surface area contributed by atoms with Gasteiger partial charge in [0.1, 0.15) is 0 Å². The molecule has 2 amide bonds. The minimum Gasteiger partial charge on any atom is -0.398 e. The lowest BCUT2D eigenvalue weighted by Crippen LogP contribution is -2.32. The maximum absolute atomic E-state index is 12.5. The molecular formula is C16H13ClN2O2. The van der Waals surface area contributed by atoms with Gasteiger partial charge in [-0.25, -0.2) is 0 Å². The zero-order valence-corrected chi connectivity index (χ0v) is 12.1. The van der Waals surface area contributed by atoms with E-state index in [1.165, 1.54) is 4.90 Å². The molecule has 1 aliphatic heterocycles. The molecule has 106 valence electrons. The van der Waals surface area contributed by atoms with Gasteiger partial charge in [0.2, 0.25) is 0 Å². The summed E-state index contributed by atoms with van der Waals surface area (Å²) in [6.45, 7) is 1.78. The summed E-state index contributed by atoms with van der Waals surface area (Å²) in [5.41, 5.74) is 7.50. The fraction of sp³-hybridized carbons (Fsp3) is 0.125. The number of nitrogen functional groups attached to an aromatic ring is 1. The second-order valence-corrected chi connectivity index (χ2v) is 5.35. The number of hydrogen-bond acceptors (Lipinski definition) is 3. The average molecular weight is 301 g/mol. The molecule has 0 saturated carbocycles. The Bertz CT molecular complexity index is 758. The number of hydrogen-bond donors (Lipinski definition) is 1. The first-order valence-corrected chi connectivity index (χ1v) is 6.91. The highest BCUT2D eigenvalue weighted by atomic mass is 35.5. The van der Waals surface area contributed by atoms with E-state index in [0.29, 0.717) is 16.3 Å². The van der Waals surface area contributed by atoms with Gasteiger partial charge in [0.05, 0.1) is 17.2 Å². The van der Waals surface area contributed by atoms with E-state index in [-0.39, 0.29) is 17.4 Å². The van der Waals surface area contributed by atoms with Crippen molar-refractivity contribution in [3.63, 3.8) is 0 Å². The van der Waals surface area contributed by atoms with Crippen LogP contribution in [0.3, 0.4) is 0 Å². The number of carbonyl (C=O) groups is 2. The summed E-state index contributed by atoms with van der Waals surface area (Å²) in [6, 6.07) is 11.6. The standard InChI is InChI=1S/C16H13ClN2O2/c1-9(10-5-2-3-7-12(10)17)19-15(20)11-6-4-8-13(18)14(11)16(19)21/h2-9H,18H2,1H3. The summed E-state index contributed by atoms with van der Waals surface area (Å²) >= 11 is 6.16. The molecule has 2 aromatic rings. The molecule has 0 saturated heterocycles. The largest absolute Gasteiger partial charge is 0.398 e. The van der Waals surface area contributed by atoms with Crippen molar-refractivity contribution in [3.05, 3.63) is 64.2 Å². The summed E-state index contributed by atoms with van der Waals surface area (Å²) in [5.74, 6) is -0.713. The molecule has 0 fully saturated rings. The van der Waals surface area contributed by atoms with E-state index >= 15 is 0 Å². The Hall–Kier alpha value is -2.33. The topological polar surface area (TPSA) is 63.4 Å². The maximum Gasteiger partial charge on any atom is 0.264 e. The lowest BCUT2D eigenvalue weighted by molar-refractivity contribution is 0.0596. The van der Waals surface area contributed by atoms with Gasteiger partial charge in [0.15, 0.2) is 0 Å². The molecule has 0 bridgehead atoms. The van der Waals surface area contributed by atoms with Crippen LogP contribution in [-0.2, 0) is 0 Å². The lowest BCUT2D eigenvalue weighted by Gasteiger charge is -2.23. The quantitative estimate of drug-likeness (QED) is 0.684. The second kappa shape index (κ2) is 4.90. The van der Waals surface area contributed by atoms with Crippen molar-refractivity contribution in [1.82, 2.24) is 4.90 Å². The van der Waals surface area contributed by atoms with E-state index in [2.05, 4.69) is 0 Å². The van der Waals surface area contributed by atoms with Gasteiger partial charge in [-0.3, -0.25) is 14.5 Å². The zero-order chi connectivity index (χ0) is 15.1. The van der Waals surface area contributed by atoms with Crippen molar-refractivity contribution in [1.29, 1.82) is 0 Å². The first-order chi connectivity index (χ1) is 10.0. The molecule has 0 spiro atoms. The Kier molecular flexibility index (Phi) is 3.18. The molecule has 4 nitrogen and oxygen atoms in total. The third-order valence-electron chi connectivity index (χ3n) is 3.72. The molecule has 1 aliphatic rings. The predicted octanol–water partition coefficient (Wildman–Crippen LogP) is 3.28. The highest BCUT2D eigenvalue weighted by Crippen LogP contribution is 2.35. The zero-order valence-electron chi connectivity index (χ0n) is 11.3. The van der Waals surface area contributed by atoms with Gasteiger partial charge >= 0.3 is 0 Å². The minimum absolute atomic E-state index is 0.279. The van der Waals surface area contributed by atoms with Crippen molar-refractivity contribution >= 4 is 29.1 Å².